The van der Waals surface area contributed by atoms with Crippen LogP contribution in [-0.2, 0) is 24.1 Å². The molecule has 0 aliphatic carbocycles. The maximum atomic E-state index is 5.42. The lowest BCUT2D eigenvalue weighted by atomic mass is 10.1. The minimum Gasteiger partial charge on any atom is -0.381 e. The van der Waals surface area contributed by atoms with E-state index in [4.69, 9.17) is 9.72 Å². The Kier molecular flexibility index (Phi) is 4.95. The standard InChI is InChI=1S/C13H22N2OS/c1-3-11-12(8-14-4-2)17-13(15-11)7-10-5-6-16-9-10/h10,14H,3-9H2,1-2H3. The molecule has 0 aromatic carbocycles. The van der Waals surface area contributed by atoms with Gasteiger partial charge in [-0.1, -0.05) is 13.8 Å². The van der Waals surface area contributed by atoms with Crippen LogP contribution in [0, 0.1) is 5.92 Å². The first-order valence-electron chi connectivity index (χ1n) is 6.59. The Hall–Kier alpha value is -0.450. The lowest BCUT2D eigenvalue weighted by Gasteiger charge is -2.02. The lowest BCUT2D eigenvalue weighted by molar-refractivity contribution is 0.186. The fourth-order valence-corrected chi connectivity index (χ4v) is 3.41. The predicted octanol–water partition coefficient (Wildman–Crippen LogP) is 2.39. The monoisotopic (exact) mass is 254 g/mol. The molecular formula is C13H22N2OS. The highest BCUT2D eigenvalue weighted by atomic mass is 32.1. The van der Waals surface area contributed by atoms with E-state index in [1.807, 2.05) is 11.3 Å². The predicted molar refractivity (Wildman–Crippen MR) is 71.5 cm³/mol. The quantitative estimate of drug-likeness (QED) is 0.846. The second-order valence-electron chi connectivity index (χ2n) is 4.55. The van der Waals surface area contributed by atoms with Crippen molar-refractivity contribution in [2.75, 3.05) is 19.8 Å². The van der Waals surface area contributed by atoms with Gasteiger partial charge < -0.3 is 10.1 Å². The Balaban J connectivity index is 1.99. The Labute approximate surface area is 108 Å². The summed E-state index contributed by atoms with van der Waals surface area (Å²) < 4.78 is 5.42. The van der Waals surface area contributed by atoms with E-state index in [0.717, 1.165) is 39.1 Å². The molecule has 0 amide bonds. The molecule has 1 aliphatic heterocycles. The van der Waals surface area contributed by atoms with E-state index in [1.165, 1.54) is 22.0 Å². The summed E-state index contributed by atoms with van der Waals surface area (Å²) in [5.41, 5.74) is 1.28. The molecule has 1 atom stereocenters. The van der Waals surface area contributed by atoms with Crippen LogP contribution in [0.3, 0.4) is 0 Å². The second-order valence-corrected chi connectivity index (χ2v) is 5.71. The van der Waals surface area contributed by atoms with E-state index < -0.39 is 0 Å². The van der Waals surface area contributed by atoms with Crippen molar-refractivity contribution in [2.24, 2.45) is 5.92 Å². The third-order valence-corrected chi connectivity index (χ3v) is 4.30. The molecule has 2 rings (SSSR count). The fourth-order valence-electron chi connectivity index (χ4n) is 2.17. The second kappa shape index (κ2) is 6.47. The summed E-state index contributed by atoms with van der Waals surface area (Å²) in [4.78, 5) is 6.19. The number of ether oxygens (including phenoxy) is 1. The summed E-state index contributed by atoms with van der Waals surface area (Å²) in [5.74, 6) is 0.692. The van der Waals surface area contributed by atoms with E-state index in [-0.39, 0.29) is 0 Å². The van der Waals surface area contributed by atoms with Crippen molar-refractivity contribution in [3.05, 3.63) is 15.6 Å². The van der Waals surface area contributed by atoms with Crippen molar-refractivity contribution in [3.8, 4) is 0 Å². The van der Waals surface area contributed by atoms with Gasteiger partial charge in [-0.05, 0) is 25.3 Å². The number of nitrogens with zero attached hydrogens (tertiary/aromatic N) is 1. The fraction of sp³-hybridized carbons (Fsp3) is 0.769. The van der Waals surface area contributed by atoms with E-state index >= 15 is 0 Å². The zero-order chi connectivity index (χ0) is 12.1. The van der Waals surface area contributed by atoms with Crippen molar-refractivity contribution in [1.29, 1.82) is 0 Å². The average Bonchev–Trinajstić information content (AvgIpc) is 2.96. The first-order chi connectivity index (χ1) is 8.33. The number of hydrogen-bond donors (Lipinski definition) is 1. The maximum absolute atomic E-state index is 5.42. The van der Waals surface area contributed by atoms with Crippen molar-refractivity contribution in [3.63, 3.8) is 0 Å². The summed E-state index contributed by atoms with van der Waals surface area (Å²) in [6.45, 7) is 8.17. The molecule has 2 heterocycles. The molecule has 1 aromatic rings. The molecule has 0 saturated carbocycles. The molecule has 3 nitrogen and oxygen atoms in total. The molecule has 1 unspecified atom stereocenters. The van der Waals surface area contributed by atoms with Crippen molar-refractivity contribution < 1.29 is 4.74 Å². The third kappa shape index (κ3) is 3.50. The Morgan fingerprint density at radius 3 is 3.00 bits per heavy atom. The number of nitrogens with one attached hydrogen (secondary N) is 1. The van der Waals surface area contributed by atoms with Crippen LogP contribution in [0.25, 0.3) is 0 Å². The molecule has 0 radical (unpaired) electrons. The molecule has 0 spiro atoms. The molecule has 1 N–H and O–H groups in total. The van der Waals surface area contributed by atoms with Crippen molar-refractivity contribution in [1.82, 2.24) is 10.3 Å². The number of hydrogen-bond acceptors (Lipinski definition) is 4. The third-order valence-electron chi connectivity index (χ3n) is 3.18. The summed E-state index contributed by atoms with van der Waals surface area (Å²) in [7, 11) is 0. The van der Waals surface area contributed by atoms with Gasteiger partial charge in [-0.3, -0.25) is 0 Å². The van der Waals surface area contributed by atoms with Crippen LogP contribution in [0.15, 0.2) is 0 Å². The molecule has 1 aromatic heterocycles. The maximum Gasteiger partial charge on any atom is 0.0935 e. The molecule has 1 saturated heterocycles. The highest BCUT2D eigenvalue weighted by Gasteiger charge is 2.19. The van der Waals surface area contributed by atoms with Crippen LogP contribution in [0.5, 0.6) is 0 Å². The SMILES string of the molecule is CCNCc1sc(CC2CCOC2)nc1CC. The Morgan fingerprint density at radius 1 is 1.47 bits per heavy atom. The van der Waals surface area contributed by atoms with Crippen LogP contribution in [0.2, 0.25) is 0 Å². The van der Waals surface area contributed by atoms with Gasteiger partial charge in [0.25, 0.3) is 0 Å². The van der Waals surface area contributed by atoms with E-state index in [1.54, 1.807) is 0 Å². The topological polar surface area (TPSA) is 34.1 Å². The minimum atomic E-state index is 0.692. The van der Waals surface area contributed by atoms with Crippen molar-refractivity contribution in [2.45, 2.75) is 39.7 Å². The summed E-state index contributed by atoms with van der Waals surface area (Å²) in [6.07, 6.45) is 3.34. The van der Waals surface area contributed by atoms with Crippen LogP contribution in [0.4, 0.5) is 0 Å². The molecule has 17 heavy (non-hydrogen) atoms. The van der Waals surface area contributed by atoms with Gasteiger partial charge >= 0.3 is 0 Å². The largest absolute Gasteiger partial charge is 0.381 e. The molecule has 4 heteroatoms. The van der Waals surface area contributed by atoms with Crippen molar-refractivity contribution >= 4 is 11.3 Å². The van der Waals surface area contributed by atoms with E-state index in [9.17, 15) is 0 Å². The van der Waals surface area contributed by atoms with Crippen LogP contribution < -0.4 is 5.32 Å². The summed E-state index contributed by atoms with van der Waals surface area (Å²) >= 11 is 1.88. The first-order valence-corrected chi connectivity index (χ1v) is 7.41. The minimum absolute atomic E-state index is 0.692. The molecule has 0 bridgehead atoms. The average molecular weight is 254 g/mol. The van der Waals surface area contributed by atoms with Gasteiger partial charge in [0.05, 0.1) is 10.7 Å². The van der Waals surface area contributed by atoms with Gasteiger partial charge in [-0.15, -0.1) is 11.3 Å². The van der Waals surface area contributed by atoms with Gasteiger partial charge in [0.1, 0.15) is 0 Å². The highest BCUT2D eigenvalue weighted by molar-refractivity contribution is 7.11. The van der Waals surface area contributed by atoms with Gasteiger partial charge in [0, 0.05) is 31.1 Å². The zero-order valence-corrected chi connectivity index (χ0v) is 11.6. The normalized spacial score (nSPS) is 20.0. The first kappa shape index (κ1) is 13.0. The Morgan fingerprint density at radius 2 is 2.35 bits per heavy atom. The van der Waals surface area contributed by atoms with Gasteiger partial charge in [0.2, 0.25) is 0 Å². The van der Waals surface area contributed by atoms with Crippen LogP contribution in [-0.4, -0.2) is 24.7 Å². The number of thiazole rings is 1. The van der Waals surface area contributed by atoms with E-state index in [2.05, 4.69) is 19.2 Å². The molecule has 1 aliphatic rings. The number of aryl methyl sites for hydroxylation is 1. The Bertz CT molecular complexity index is 345. The molecular weight excluding hydrogens is 232 g/mol. The van der Waals surface area contributed by atoms with Gasteiger partial charge in [0.15, 0.2) is 0 Å². The van der Waals surface area contributed by atoms with Crippen LogP contribution >= 0.6 is 11.3 Å². The van der Waals surface area contributed by atoms with Gasteiger partial charge in [-0.25, -0.2) is 4.98 Å². The lowest BCUT2D eigenvalue weighted by Crippen LogP contribution is -2.11. The number of rotatable bonds is 6. The zero-order valence-electron chi connectivity index (χ0n) is 10.8. The van der Waals surface area contributed by atoms with E-state index in [0.29, 0.717) is 5.92 Å². The molecule has 96 valence electrons. The van der Waals surface area contributed by atoms with Crippen LogP contribution in [0.1, 0.15) is 35.8 Å². The smallest absolute Gasteiger partial charge is 0.0935 e. The summed E-state index contributed by atoms with van der Waals surface area (Å²) in [5, 5.41) is 4.69. The number of aromatic nitrogens is 1. The van der Waals surface area contributed by atoms with Gasteiger partial charge in [-0.2, -0.15) is 0 Å². The molecule has 1 fully saturated rings. The highest BCUT2D eigenvalue weighted by Crippen LogP contribution is 2.24. The summed E-state index contributed by atoms with van der Waals surface area (Å²) in [6, 6.07) is 0.